The third-order valence-corrected chi connectivity index (χ3v) is 3.37. The zero-order chi connectivity index (χ0) is 11.6. The zero-order valence-corrected chi connectivity index (χ0v) is 11.2. The molecule has 0 aromatic heterocycles. The van der Waals surface area contributed by atoms with E-state index in [2.05, 4.69) is 6.92 Å². The van der Waals surface area contributed by atoms with E-state index in [9.17, 15) is 0 Å². The van der Waals surface area contributed by atoms with Gasteiger partial charge in [0.2, 0.25) is 0 Å². The van der Waals surface area contributed by atoms with Crippen molar-refractivity contribution in [2.45, 2.75) is 70.7 Å². The van der Waals surface area contributed by atoms with Crippen LogP contribution in [-0.2, 0) is 9.47 Å². The van der Waals surface area contributed by atoms with Crippen molar-refractivity contribution < 1.29 is 9.47 Å². The van der Waals surface area contributed by atoms with Gasteiger partial charge in [-0.2, -0.15) is 0 Å². The molecule has 1 rings (SSSR count). The van der Waals surface area contributed by atoms with Crippen molar-refractivity contribution in [1.82, 2.24) is 0 Å². The fourth-order valence-corrected chi connectivity index (χ4v) is 2.17. The molecule has 0 radical (unpaired) electrons. The monoisotopic (exact) mass is 248 g/mol. The molecular weight excluding hydrogens is 224 g/mol. The lowest BCUT2D eigenvalue weighted by Gasteiger charge is -2.09. The van der Waals surface area contributed by atoms with Gasteiger partial charge in [0.05, 0.1) is 18.6 Å². The van der Waals surface area contributed by atoms with Gasteiger partial charge < -0.3 is 9.47 Å². The molecule has 0 spiro atoms. The van der Waals surface area contributed by atoms with Gasteiger partial charge in [-0.3, -0.25) is 0 Å². The number of unbranched alkanes of at least 4 members (excludes halogenated alkanes) is 6. The maximum Gasteiger partial charge on any atom is 0.158 e. The molecule has 16 heavy (non-hydrogen) atoms. The van der Waals surface area contributed by atoms with Crippen LogP contribution in [0, 0.1) is 0 Å². The summed E-state index contributed by atoms with van der Waals surface area (Å²) in [5.41, 5.74) is 0. The predicted octanol–water partition coefficient (Wildman–Crippen LogP) is 4.11. The molecule has 1 heterocycles. The molecule has 0 unspecified atom stereocenters. The Balaban J connectivity index is 1.84. The molecule has 0 amide bonds. The summed E-state index contributed by atoms with van der Waals surface area (Å²) in [5.74, 6) is 0.549. The molecule has 96 valence electrons. The number of ether oxygens (including phenoxy) is 2. The van der Waals surface area contributed by atoms with E-state index >= 15 is 0 Å². The molecular formula is C13H25ClO2. The fourth-order valence-electron chi connectivity index (χ4n) is 2.01. The van der Waals surface area contributed by atoms with Crippen molar-refractivity contribution in [3.05, 3.63) is 0 Å². The van der Waals surface area contributed by atoms with Gasteiger partial charge in [-0.05, 0) is 12.8 Å². The van der Waals surface area contributed by atoms with Crippen molar-refractivity contribution >= 4 is 11.6 Å². The Kier molecular flexibility index (Phi) is 8.26. The standard InChI is InChI=1S/C13H25ClO2/c1-2-3-4-5-6-7-8-9-13-15-11-12(10-14)16-13/h12-13H,2-11H2,1H3/t12-,13+/m0/s1. The van der Waals surface area contributed by atoms with Gasteiger partial charge in [-0.25, -0.2) is 0 Å². The lowest BCUT2D eigenvalue weighted by molar-refractivity contribution is -0.0599. The second-order valence-corrected chi connectivity index (χ2v) is 4.89. The van der Waals surface area contributed by atoms with Crippen LogP contribution < -0.4 is 0 Å². The molecule has 0 aromatic carbocycles. The minimum atomic E-state index is 0.0133. The quantitative estimate of drug-likeness (QED) is 0.452. The van der Waals surface area contributed by atoms with E-state index in [1.807, 2.05) is 0 Å². The van der Waals surface area contributed by atoms with Crippen molar-refractivity contribution in [1.29, 1.82) is 0 Å². The predicted molar refractivity (Wildman–Crippen MR) is 67.9 cm³/mol. The summed E-state index contributed by atoms with van der Waals surface area (Å²) in [4.78, 5) is 0. The van der Waals surface area contributed by atoms with E-state index < -0.39 is 0 Å². The summed E-state index contributed by atoms with van der Waals surface area (Å²) < 4.78 is 11.1. The Hall–Kier alpha value is 0.210. The minimum absolute atomic E-state index is 0.0133. The van der Waals surface area contributed by atoms with E-state index in [0.717, 1.165) is 6.42 Å². The lowest BCUT2D eigenvalue weighted by Crippen LogP contribution is -2.13. The van der Waals surface area contributed by atoms with Crippen LogP contribution in [0.2, 0.25) is 0 Å². The smallest absolute Gasteiger partial charge is 0.158 e. The number of hydrogen-bond donors (Lipinski definition) is 0. The van der Waals surface area contributed by atoms with Crippen LogP contribution in [0.15, 0.2) is 0 Å². The maximum absolute atomic E-state index is 5.70. The van der Waals surface area contributed by atoms with E-state index in [0.29, 0.717) is 12.5 Å². The minimum Gasteiger partial charge on any atom is -0.350 e. The number of hydrogen-bond acceptors (Lipinski definition) is 2. The molecule has 2 nitrogen and oxygen atoms in total. The van der Waals surface area contributed by atoms with Crippen molar-refractivity contribution in [2.75, 3.05) is 12.5 Å². The molecule has 0 N–H and O–H groups in total. The molecule has 0 bridgehead atoms. The third-order valence-electron chi connectivity index (χ3n) is 3.03. The first kappa shape index (κ1) is 14.3. The summed E-state index contributed by atoms with van der Waals surface area (Å²) >= 11 is 5.70. The average molecular weight is 249 g/mol. The first-order valence-electron chi connectivity index (χ1n) is 6.69. The van der Waals surface area contributed by atoms with Crippen molar-refractivity contribution in [3.8, 4) is 0 Å². The second kappa shape index (κ2) is 9.26. The van der Waals surface area contributed by atoms with Crippen molar-refractivity contribution in [2.24, 2.45) is 0 Å². The summed E-state index contributed by atoms with van der Waals surface area (Å²) in [6, 6.07) is 0. The summed E-state index contributed by atoms with van der Waals surface area (Å²) in [6.45, 7) is 2.92. The number of rotatable bonds is 9. The second-order valence-electron chi connectivity index (χ2n) is 4.59. The van der Waals surface area contributed by atoms with Crippen LogP contribution in [0.4, 0.5) is 0 Å². The average Bonchev–Trinajstić information content (AvgIpc) is 2.76. The van der Waals surface area contributed by atoms with Gasteiger partial charge >= 0.3 is 0 Å². The van der Waals surface area contributed by atoms with Crippen LogP contribution in [0.25, 0.3) is 0 Å². The molecule has 0 aliphatic carbocycles. The first-order chi connectivity index (χ1) is 7.86. The molecule has 0 aromatic rings. The van der Waals surface area contributed by atoms with Crippen LogP contribution in [0.3, 0.4) is 0 Å². The van der Waals surface area contributed by atoms with E-state index in [1.54, 1.807) is 0 Å². The van der Waals surface area contributed by atoms with Gasteiger partial charge in [-0.15, -0.1) is 11.6 Å². The highest BCUT2D eigenvalue weighted by atomic mass is 35.5. The van der Waals surface area contributed by atoms with E-state index in [1.165, 1.54) is 44.9 Å². The van der Waals surface area contributed by atoms with Crippen LogP contribution in [0.1, 0.15) is 58.3 Å². The highest BCUT2D eigenvalue weighted by molar-refractivity contribution is 6.18. The SMILES string of the molecule is CCCCCCCCC[C@@H]1OC[C@H](CCl)O1. The Morgan fingerprint density at radius 1 is 1.06 bits per heavy atom. The lowest BCUT2D eigenvalue weighted by atomic mass is 10.1. The molecule has 0 saturated carbocycles. The van der Waals surface area contributed by atoms with Gasteiger partial charge in [0.1, 0.15) is 0 Å². The Bertz CT molecular complexity index is 164. The summed E-state index contributed by atoms with van der Waals surface area (Å²) in [6.07, 6.45) is 10.5. The highest BCUT2D eigenvalue weighted by Gasteiger charge is 2.24. The highest BCUT2D eigenvalue weighted by Crippen LogP contribution is 2.18. The van der Waals surface area contributed by atoms with Crippen LogP contribution in [-0.4, -0.2) is 24.9 Å². The third kappa shape index (κ3) is 6.07. The van der Waals surface area contributed by atoms with E-state index in [4.69, 9.17) is 21.1 Å². The molecule has 1 aliphatic rings. The van der Waals surface area contributed by atoms with Gasteiger partial charge in [0.15, 0.2) is 6.29 Å². The molecule has 1 fully saturated rings. The summed E-state index contributed by atoms with van der Waals surface area (Å²) in [7, 11) is 0. The first-order valence-corrected chi connectivity index (χ1v) is 7.23. The van der Waals surface area contributed by atoms with Crippen LogP contribution in [0.5, 0.6) is 0 Å². The zero-order valence-electron chi connectivity index (χ0n) is 10.4. The summed E-state index contributed by atoms with van der Waals surface area (Å²) in [5, 5.41) is 0. The largest absolute Gasteiger partial charge is 0.350 e. The fraction of sp³-hybridized carbons (Fsp3) is 1.00. The molecule has 2 atom stereocenters. The Labute approximate surface area is 105 Å². The van der Waals surface area contributed by atoms with Crippen molar-refractivity contribution in [3.63, 3.8) is 0 Å². The van der Waals surface area contributed by atoms with Crippen LogP contribution >= 0.6 is 11.6 Å². The molecule has 3 heteroatoms. The normalized spacial score (nSPS) is 25.1. The number of alkyl halides is 1. The number of halogens is 1. The van der Waals surface area contributed by atoms with E-state index in [-0.39, 0.29) is 12.4 Å². The van der Waals surface area contributed by atoms with Gasteiger partial charge in [0, 0.05) is 0 Å². The van der Waals surface area contributed by atoms with Gasteiger partial charge in [-0.1, -0.05) is 45.4 Å². The van der Waals surface area contributed by atoms with Gasteiger partial charge in [0.25, 0.3) is 0 Å². The maximum atomic E-state index is 5.70. The Morgan fingerprint density at radius 3 is 2.38 bits per heavy atom. The molecule has 1 saturated heterocycles. The molecule has 1 aliphatic heterocycles. The topological polar surface area (TPSA) is 18.5 Å². The Morgan fingerprint density at radius 2 is 1.75 bits per heavy atom.